The molecule has 0 aromatic carbocycles. The summed E-state index contributed by atoms with van der Waals surface area (Å²) in [5, 5.41) is 18.8. The second-order valence-electron chi connectivity index (χ2n) is 26.3. The van der Waals surface area contributed by atoms with Crippen LogP contribution in [0.1, 0.15) is 225 Å². The van der Waals surface area contributed by atoms with Gasteiger partial charge in [0, 0.05) is 6.42 Å². The summed E-state index contributed by atoms with van der Waals surface area (Å²) in [5.74, 6) is 5.28. The van der Waals surface area contributed by atoms with Gasteiger partial charge >= 0.3 is 30.0 Å². The number of carbonyl (C=O) groups is 5. The number of aliphatic hydroxyl groups is 2. The molecule has 1 saturated heterocycles. The van der Waals surface area contributed by atoms with Crippen molar-refractivity contribution in [3.63, 3.8) is 0 Å². The SMILES string of the molecule is C1CC2C3CCC(C3)C2C1.CCC(C)(C)C(=O)OC.CCC(C)(C)C(=O)OC12CC3CC(C1)CC(OC(CO)CO)(C3)C2.CCC(C)(C)C(=O)OCC1COC(=O)OC1.CCC1(OC(=O)C(C)(C)CC)CCCC1. The van der Waals surface area contributed by atoms with Gasteiger partial charge in [-0.2, -0.15) is 0 Å². The van der Waals surface area contributed by atoms with Crippen molar-refractivity contribution in [2.45, 2.75) is 248 Å². The number of ether oxygens (including phenoxy) is 7. The summed E-state index contributed by atoms with van der Waals surface area (Å²) >= 11 is 0. The Bertz CT molecular complexity index is 1770. The van der Waals surface area contributed by atoms with Crippen molar-refractivity contribution in [1.29, 1.82) is 0 Å². The number of carbonyl (C=O) groups excluding carboxylic acids is 5. The van der Waals surface area contributed by atoms with Gasteiger partial charge in [0.2, 0.25) is 0 Å². The highest BCUT2D eigenvalue weighted by Crippen LogP contribution is 2.61. The highest BCUT2D eigenvalue weighted by Gasteiger charge is 2.61. The summed E-state index contributed by atoms with van der Waals surface area (Å²) in [4.78, 5) is 57.7. The Labute approximate surface area is 446 Å². The van der Waals surface area contributed by atoms with E-state index in [2.05, 4.69) is 21.1 Å². The van der Waals surface area contributed by atoms with E-state index in [1.54, 1.807) is 38.5 Å². The molecule has 1 aliphatic heterocycles. The zero-order valence-corrected chi connectivity index (χ0v) is 48.8. The maximum absolute atomic E-state index is 12.7. The molecule has 6 unspecified atom stereocenters. The number of cyclic esters (lactones) is 2. The number of esters is 4. The van der Waals surface area contributed by atoms with Crippen molar-refractivity contribution in [2.24, 2.45) is 63.1 Å². The third-order valence-corrected chi connectivity index (χ3v) is 19.2. The molecule has 8 aliphatic carbocycles. The Morgan fingerprint density at radius 3 is 1.49 bits per heavy atom. The fourth-order valence-corrected chi connectivity index (χ4v) is 12.9. The van der Waals surface area contributed by atoms with Crippen LogP contribution in [0.25, 0.3) is 0 Å². The molecule has 0 radical (unpaired) electrons. The summed E-state index contributed by atoms with van der Waals surface area (Å²) in [6, 6.07) is 0. The van der Waals surface area contributed by atoms with Crippen LogP contribution in [0.4, 0.5) is 4.79 Å². The van der Waals surface area contributed by atoms with E-state index < -0.39 is 28.7 Å². The lowest BCUT2D eigenvalue weighted by Gasteiger charge is -2.61. The van der Waals surface area contributed by atoms with Gasteiger partial charge in [-0.15, -0.1) is 0 Å². The van der Waals surface area contributed by atoms with E-state index in [4.69, 9.17) is 18.9 Å². The smallest absolute Gasteiger partial charge is 0.469 e. The summed E-state index contributed by atoms with van der Waals surface area (Å²) in [7, 11) is 1.42. The quantitative estimate of drug-likeness (QED) is 0.103. The lowest BCUT2D eigenvalue weighted by molar-refractivity contribution is -0.254. The van der Waals surface area contributed by atoms with Crippen LogP contribution < -0.4 is 0 Å². The van der Waals surface area contributed by atoms with Crippen molar-refractivity contribution >= 4 is 30.0 Å². The number of fused-ring (bicyclic) bond motifs is 5. The first-order chi connectivity index (χ1) is 34.7. The lowest BCUT2D eigenvalue weighted by Crippen LogP contribution is -2.62. The largest absolute Gasteiger partial charge is 0.508 e. The molecule has 0 spiro atoms. The molecule has 2 N–H and O–H groups in total. The molecule has 6 atom stereocenters. The number of methoxy groups -OCH3 is 1. The van der Waals surface area contributed by atoms with Gasteiger partial charge in [-0.1, -0.05) is 41.0 Å². The highest BCUT2D eigenvalue weighted by atomic mass is 16.7. The predicted molar refractivity (Wildman–Crippen MR) is 285 cm³/mol. The van der Waals surface area contributed by atoms with E-state index in [9.17, 15) is 34.2 Å². The number of hydrogen-bond donors (Lipinski definition) is 2. The van der Waals surface area contributed by atoms with Gasteiger partial charge in [0.1, 0.15) is 37.1 Å². The molecule has 428 valence electrons. The molecule has 9 fully saturated rings. The number of hydrogen-bond acceptors (Lipinski definition) is 14. The molecule has 14 heteroatoms. The molecule has 9 aliphatic rings. The van der Waals surface area contributed by atoms with Crippen molar-refractivity contribution < 1.29 is 67.3 Å². The Balaban J connectivity index is 0.000000210. The first-order valence-corrected chi connectivity index (χ1v) is 29.1. The van der Waals surface area contributed by atoms with Gasteiger partial charge in [0.25, 0.3) is 0 Å². The number of aliphatic hydroxyl groups excluding tert-OH is 2. The molecule has 1 heterocycles. The highest BCUT2D eigenvalue weighted by molar-refractivity contribution is 5.77. The van der Waals surface area contributed by atoms with E-state index in [1.165, 1.54) is 50.0 Å². The van der Waals surface area contributed by atoms with Crippen LogP contribution >= 0.6 is 0 Å². The molecule has 8 saturated carbocycles. The minimum atomic E-state index is -0.656. The van der Waals surface area contributed by atoms with E-state index in [1.807, 2.05) is 83.1 Å². The van der Waals surface area contributed by atoms with Crippen LogP contribution in [0, 0.1) is 63.1 Å². The minimum absolute atomic E-state index is 0.0197. The normalized spacial score (nSPS) is 29.3. The predicted octanol–water partition coefficient (Wildman–Crippen LogP) is 12.3. The second-order valence-corrected chi connectivity index (χ2v) is 26.3. The van der Waals surface area contributed by atoms with Crippen LogP contribution in [0.5, 0.6) is 0 Å². The fourth-order valence-electron chi connectivity index (χ4n) is 12.9. The topological polar surface area (TPSA) is 190 Å². The van der Waals surface area contributed by atoms with Gasteiger partial charge in [-0.3, -0.25) is 19.2 Å². The minimum Gasteiger partial charge on any atom is -0.469 e. The van der Waals surface area contributed by atoms with Crippen LogP contribution in [-0.2, 0) is 52.3 Å². The van der Waals surface area contributed by atoms with Crippen LogP contribution in [0.2, 0.25) is 0 Å². The van der Waals surface area contributed by atoms with Crippen LogP contribution in [0.15, 0.2) is 0 Å². The maximum atomic E-state index is 12.7. The van der Waals surface area contributed by atoms with E-state index in [0.717, 1.165) is 70.6 Å². The fraction of sp³-hybridized carbons (Fsp3) is 0.917. The summed E-state index contributed by atoms with van der Waals surface area (Å²) in [5.41, 5.74) is -2.47. The maximum Gasteiger partial charge on any atom is 0.508 e. The molecule has 6 bridgehead atoms. The molecule has 9 rings (SSSR count). The number of rotatable bonds is 17. The first-order valence-electron chi connectivity index (χ1n) is 29.1. The molecule has 0 aromatic heterocycles. The zero-order chi connectivity index (χ0) is 55.3. The average molecular weight is 1050 g/mol. The Morgan fingerprint density at radius 1 is 0.608 bits per heavy atom. The Hall–Kier alpha value is -2.97. The standard InChI is InChI=1S/C19H32O5.C13H24O2.C11H18O5.C10H16.C7H14O2/c1-4-17(2,3)16(22)24-19-8-13-5-14(9-19)7-18(6-13,12-19)23-15(10-20)11-21;1-5-12(3,4)11(14)15-13(6-2)9-7-8-10-13;1-4-11(2,3)9(12)14-5-8-6-15-10(13)16-7-8;1-2-9-7-4-5-8(6-7)10(9)3-1;1-5-7(2,3)6(8)9-4/h13-15,20-21H,4-12H2,1-3H3;5-10H2,1-4H3;8H,4-7H2,1-3H3;7-10H,1-6H2;5H2,1-4H3. The molecule has 0 amide bonds. The van der Waals surface area contributed by atoms with Gasteiger partial charge < -0.3 is 43.4 Å². The van der Waals surface area contributed by atoms with E-state index in [-0.39, 0.29) is 84.9 Å². The second kappa shape index (κ2) is 27.1. The molecule has 14 nitrogen and oxygen atoms in total. The van der Waals surface area contributed by atoms with Gasteiger partial charge in [0.05, 0.1) is 53.5 Å². The third kappa shape index (κ3) is 16.8. The molecular formula is C60H104O14. The van der Waals surface area contributed by atoms with Gasteiger partial charge in [-0.05, 0) is 213 Å². The zero-order valence-electron chi connectivity index (χ0n) is 48.8. The molecule has 74 heavy (non-hydrogen) atoms. The van der Waals surface area contributed by atoms with Gasteiger partial charge in [0.15, 0.2) is 0 Å². The van der Waals surface area contributed by atoms with Crippen LogP contribution in [0.3, 0.4) is 0 Å². The van der Waals surface area contributed by atoms with Crippen molar-refractivity contribution in [3.05, 3.63) is 0 Å². The average Bonchev–Trinajstić information content (AvgIpc) is 4.22. The van der Waals surface area contributed by atoms with E-state index in [0.29, 0.717) is 18.3 Å². The monoisotopic (exact) mass is 1050 g/mol. The third-order valence-electron chi connectivity index (χ3n) is 19.2. The van der Waals surface area contributed by atoms with E-state index >= 15 is 0 Å². The summed E-state index contributed by atoms with van der Waals surface area (Å²) in [6.07, 6.45) is 22.6. The van der Waals surface area contributed by atoms with Crippen molar-refractivity contribution in [3.8, 4) is 0 Å². The van der Waals surface area contributed by atoms with Crippen molar-refractivity contribution in [1.82, 2.24) is 0 Å². The summed E-state index contributed by atoms with van der Waals surface area (Å²) < 4.78 is 37.2. The van der Waals surface area contributed by atoms with Gasteiger partial charge in [-0.25, -0.2) is 4.79 Å². The Morgan fingerprint density at radius 2 is 1.05 bits per heavy atom. The molecule has 0 aromatic rings. The van der Waals surface area contributed by atoms with Crippen LogP contribution in [-0.4, -0.2) is 103 Å². The summed E-state index contributed by atoms with van der Waals surface area (Å²) in [6.45, 7) is 25.7. The van der Waals surface area contributed by atoms with Crippen molar-refractivity contribution in [2.75, 3.05) is 40.1 Å². The Kier molecular flexibility index (Phi) is 23.3. The molecular weight excluding hydrogens is 945 g/mol. The lowest BCUT2D eigenvalue weighted by atomic mass is 9.52. The first kappa shape index (κ1) is 63.6.